The number of nitrogens with two attached hydrogens (primary N) is 1. The van der Waals surface area contributed by atoms with Crippen molar-refractivity contribution < 1.29 is 47.9 Å². The Bertz CT molecular complexity index is 1590. The molecule has 0 aliphatic carbocycles. The highest BCUT2D eigenvalue weighted by molar-refractivity contribution is 7.70. The van der Waals surface area contributed by atoms with Crippen molar-refractivity contribution in [1.29, 1.82) is 0 Å². The Hall–Kier alpha value is -4.27. The summed E-state index contributed by atoms with van der Waals surface area (Å²) in [7, 11) is -3.82. The number of aromatic nitrogens is 1. The zero-order valence-electron chi connectivity index (χ0n) is 25.7. The van der Waals surface area contributed by atoms with Gasteiger partial charge < -0.3 is 45.7 Å². The molecule has 2 fully saturated rings. The summed E-state index contributed by atoms with van der Waals surface area (Å²) in [6, 6.07) is 2.35. The summed E-state index contributed by atoms with van der Waals surface area (Å²) in [6.07, 6.45) is 0.985. The maximum Gasteiger partial charge on any atom is 0.409 e. The number of benzene rings is 1. The second-order valence-corrected chi connectivity index (χ2v) is 13.4. The highest BCUT2D eigenvalue weighted by Crippen LogP contribution is 2.39. The lowest BCUT2D eigenvalue weighted by atomic mass is 9.98. The smallest absolute Gasteiger partial charge is 0.409 e. The summed E-state index contributed by atoms with van der Waals surface area (Å²) in [5, 5.41) is 5.95. The molecule has 2 aliphatic heterocycles. The number of ether oxygens (including phenoxy) is 1. The Morgan fingerprint density at radius 3 is 2.48 bits per heavy atom. The molecule has 7 N–H and O–H groups in total. The number of H-pyrrole nitrogens is 1. The van der Waals surface area contributed by atoms with Gasteiger partial charge in [0.15, 0.2) is 0 Å². The number of carbonyl (C=O) groups is 6. The van der Waals surface area contributed by atoms with Crippen LogP contribution in [0.5, 0.6) is 0 Å². The standard InChI is InChI=1S/C29H39N6O10P/c1-15(2)19(7-9-24(30)36)32-26(38)23-8-5-18-10-11-34(29(41)45-3)14-22(27(39)35(18)23)33-25(37)21-13-17-12-16(4-6-20(17)31-21)28(40)46(42,43)44/h4,6,12-13,15,18-19,22-23,31H,5,7-11,14H2,1-3H3,(H2,30,36)(H,32,38)(H,33,37)(H2,42,43,44)/t18-,19+,22+,23+/m1/s1. The van der Waals surface area contributed by atoms with E-state index in [4.69, 9.17) is 10.5 Å². The largest absolute Gasteiger partial charge is 0.453 e. The van der Waals surface area contributed by atoms with E-state index in [0.717, 1.165) is 0 Å². The SMILES string of the molecule is COC(=O)N1CC[C@H]2CC[C@@H](C(=O)N[C@@H](CCC(N)=O)C(C)C)N2C(=O)[C@@H](NC(=O)c2cc3cc(C(=O)P(=O)(O)O)ccc3[nH]2)C1. The summed E-state index contributed by atoms with van der Waals surface area (Å²) < 4.78 is 16.3. The van der Waals surface area contributed by atoms with Crippen LogP contribution in [0.3, 0.4) is 0 Å². The lowest BCUT2D eigenvalue weighted by Crippen LogP contribution is -2.61. The van der Waals surface area contributed by atoms with Gasteiger partial charge in [0, 0.05) is 41.5 Å². The van der Waals surface area contributed by atoms with Crippen LogP contribution >= 0.6 is 7.60 Å². The van der Waals surface area contributed by atoms with E-state index in [1.807, 2.05) is 13.8 Å². The molecule has 17 heteroatoms. The van der Waals surface area contributed by atoms with Crippen LogP contribution in [0.4, 0.5) is 4.79 Å². The van der Waals surface area contributed by atoms with Crippen molar-refractivity contribution in [3.8, 4) is 0 Å². The highest BCUT2D eigenvalue weighted by atomic mass is 31.2. The molecule has 46 heavy (non-hydrogen) atoms. The molecular weight excluding hydrogens is 623 g/mol. The summed E-state index contributed by atoms with van der Waals surface area (Å²) in [5.74, 6) is -2.17. The van der Waals surface area contributed by atoms with Crippen LogP contribution in [0.15, 0.2) is 24.3 Å². The van der Waals surface area contributed by atoms with E-state index < -0.39 is 55.1 Å². The van der Waals surface area contributed by atoms with Crippen molar-refractivity contribution in [2.75, 3.05) is 20.2 Å². The quantitative estimate of drug-likeness (QED) is 0.196. The molecule has 4 atom stereocenters. The molecule has 3 heterocycles. The summed E-state index contributed by atoms with van der Waals surface area (Å²) in [5.41, 5.74) is 4.07. The molecular formula is C29H39N6O10P. The number of methoxy groups -OCH3 is 1. The number of hydrogen-bond acceptors (Lipinski definition) is 8. The molecule has 0 unspecified atom stereocenters. The minimum Gasteiger partial charge on any atom is -0.453 e. The third-order valence-corrected chi connectivity index (χ3v) is 9.23. The molecule has 5 amide bonds. The monoisotopic (exact) mass is 662 g/mol. The molecule has 0 saturated carbocycles. The topological polar surface area (TPSA) is 242 Å². The lowest BCUT2D eigenvalue weighted by Gasteiger charge is -2.38. The van der Waals surface area contributed by atoms with Crippen LogP contribution in [0.2, 0.25) is 0 Å². The summed E-state index contributed by atoms with van der Waals surface area (Å²) >= 11 is 0. The Kier molecular flexibility index (Phi) is 10.5. The minimum absolute atomic E-state index is 0.00788. The second kappa shape index (κ2) is 14.0. The van der Waals surface area contributed by atoms with E-state index in [0.29, 0.717) is 36.6 Å². The van der Waals surface area contributed by atoms with Crippen molar-refractivity contribution in [1.82, 2.24) is 25.4 Å². The van der Waals surface area contributed by atoms with Gasteiger partial charge in [-0.25, -0.2) is 4.79 Å². The van der Waals surface area contributed by atoms with Crippen LogP contribution in [-0.4, -0.2) is 104 Å². The van der Waals surface area contributed by atoms with Gasteiger partial charge in [-0.3, -0.25) is 28.5 Å². The molecule has 2 aromatic rings. The number of carbonyl (C=O) groups excluding carboxylic acids is 6. The molecule has 16 nitrogen and oxygen atoms in total. The maximum absolute atomic E-state index is 14.1. The zero-order chi connectivity index (χ0) is 33.9. The maximum atomic E-state index is 14.1. The fourth-order valence-corrected chi connectivity index (χ4v) is 6.45. The average molecular weight is 663 g/mol. The average Bonchev–Trinajstić information content (AvgIpc) is 3.62. The zero-order valence-corrected chi connectivity index (χ0v) is 26.6. The first-order valence-electron chi connectivity index (χ1n) is 14.9. The number of aromatic amines is 1. The molecule has 0 spiro atoms. The van der Waals surface area contributed by atoms with Gasteiger partial charge >= 0.3 is 13.7 Å². The number of hydrogen-bond donors (Lipinski definition) is 6. The van der Waals surface area contributed by atoms with Crippen molar-refractivity contribution in [3.05, 3.63) is 35.5 Å². The van der Waals surface area contributed by atoms with E-state index in [1.165, 1.54) is 41.2 Å². The first kappa shape index (κ1) is 34.6. The number of amides is 5. The molecule has 2 saturated heterocycles. The predicted molar refractivity (Wildman–Crippen MR) is 163 cm³/mol. The number of rotatable bonds is 10. The Morgan fingerprint density at radius 1 is 1.13 bits per heavy atom. The molecule has 4 rings (SSSR count). The third kappa shape index (κ3) is 7.74. The van der Waals surface area contributed by atoms with E-state index >= 15 is 0 Å². The van der Waals surface area contributed by atoms with Gasteiger partial charge in [-0.15, -0.1) is 0 Å². The number of fused-ring (bicyclic) bond motifs is 2. The van der Waals surface area contributed by atoms with E-state index in [2.05, 4.69) is 15.6 Å². The van der Waals surface area contributed by atoms with E-state index in [-0.39, 0.29) is 48.6 Å². The van der Waals surface area contributed by atoms with Crippen molar-refractivity contribution in [2.24, 2.45) is 11.7 Å². The van der Waals surface area contributed by atoms with Gasteiger partial charge in [0.2, 0.25) is 17.7 Å². The Labute approximate surface area is 264 Å². The third-order valence-electron chi connectivity index (χ3n) is 8.44. The van der Waals surface area contributed by atoms with Crippen LogP contribution in [0, 0.1) is 5.92 Å². The van der Waals surface area contributed by atoms with Crippen LogP contribution < -0.4 is 16.4 Å². The molecule has 1 aromatic heterocycles. The van der Waals surface area contributed by atoms with Crippen molar-refractivity contribution >= 4 is 53.7 Å². The van der Waals surface area contributed by atoms with Crippen LogP contribution in [0.25, 0.3) is 10.9 Å². The first-order chi connectivity index (χ1) is 21.6. The summed E-state index contributed by atoms with van der Waals surface area (Å²) in [6.45, 7) is 3.77. The fraction of sp³-hybridized carbons (Fsp3) is 0.517. The number of nitrogens with one attached hydrogen (secondary N) is 3. The van der Waals surface area contributed by atoms with Crippen molar-refractivity contribution in [2.45, 2.75) is 70.1 Å². The van der Waals surface area contributed by atoms with Crippen molar-refractivity contribution in [3.63, 3.8) is 0 Å². The minimum atomic E-state index is -5.03. The molecule has 250 valence electrons. The molecule has 0 bridgehead atoms. The van der Waals surface area contributed by atoms with Gasteiger partial charge in [0.25, 0.3) is 11.4 Å². The van der Waals surface area contributed by atoms with Crippen LogP contribution in [0.1, 0.15) is 66.8 Å². The first-order valence-corrected chi connectivity index (χ1v) is 16.5. The number of nitrogens with zero attached hydrogens (tertiary/aromatic N) is 2. The lowest BCUT2D eigenvalue weighted by molar-refractivity contribution is -0.143. The second-order valence-electron chi connectivity index (χ2n) is 11.9. The van der Waals surface area contributed by atoms with Gasteiger partial charge in [-0.05, 0) is 55.9 Å². The molecule has 0 radical (unpaired) electrons. The highest BCUT2D eigenvalue weighted by Gasteiger charge is 2.46. The van der Waals surface area contributed by atoms with Gasteiger partial charge in [0.1, 0.15) is 17.8 Å². The van der Waals surface area contributed by atoms with Gasteiger partial charge in [0.05, 0.1) is 13.7 Å². The van der Waals surface area contributed by atoms with E-state index in [9.17, 15) is 43.1 Å². The summed E-state index contributed by atoms with van der Waals surface area (Å²) in [4.78, 5) is 101. The van der Waals surface area contributed by atoms with Gasteiger partial charge in [-0.2, -0.15) is 0 Å². The van der Waals surface area contributed by atoms with Gasteiger partial charge in [-0.1, -0.05) is 13.8 Å². The molecule has 2 aliphatic rings. The predicted octanol–water partition coefficient (Wildman–Crippen LogP) is 0.822. The van der Waals surface area contributed by atoms with Crippen LogP contribution in [-0.2, 0) is 23.7 Å². The number of primary amides is 1. The Balaban J connectivity index is 1.59. The Morgan fingerprint density at radius 2 is 1.85 bits per heavy atom. The fourth-order valence-electron chi connectivity index (χ4n) is 5.98. The van der Waals surface area contributed by atoms with E-state index in [1.54, 1.807) is 0 Å². The normalized spacial score (nSPS) is 20.9. The molecule has 1 aromatic carbocycles.